The average molecular weight is 295 g/mol. The molecular formula is C15H19ClN2O2. The molecule has 20 heavy (non-hydrogen) atoms. The van der Waals surface area contributed by atoms with Gasteiger partial charge in [0.2, 0.25) is 0 Å². The van der Waals surface area contributed by atoms with E-state index in [0.717, 1.165) is 18.5 Å². The summed E-state index contributed by atoms with van der Waals surface area (Å²) in [6, 6.07) is 4.61. The predicted molar refractivity (Wildman–Crippen MR) is 81.0 cm³/mol. The first kappa shape index (κ1) is 15.0. The standard InChI is InChI=1S/C15H19ClN2O2/c16-15-10-14(18(19)20)7-6-13(15)11-17-9-8-12-4-2-1-3-5-12/h4,6-7,10,17H,1-3,5,8-9,11H2. The fourth-order valence-electron chi connectivity index (χ4n) is 2.40. The molecule has 1 aromatic rings. The van der Waals surface area contributed by atoms with Gasteiger partial charge in [-0.1, -0.05) is 23.3 Å². The van der Waals surface area contributed by atoms with E-state index >= 15 is 0 Å². The lowest BCUT2D eigenvalue weighted by Crippen LogP contribution is -2.16. The minimum absolute atomic E-state index is 0.0334. The third-order valence-corrected chi connectivity index (χ3v) is 3.92. The molecule has 0 radical (unpaired) electrons. The molecule has 0 saturated heterocycles. The molecule has 0 atom stereocenters. The minimum Gasteiger partial charge on any atom is -0.312 e. The normalized spacial score (nSPS) is 14.9. The molecule has 0 fully saturated rings. The number of nitrogens with zero attached hydrogens (tertiary/aromatic N) is 1. The quantitative estimate of drug-likeness (QED) is 0.370. The maximum Gasteiger partial charge on any atom is 0.270 e. The van der Waals surface area contributed by atoms with Crippen molar-refractivity contribution in [1.29, 1.82) is 0 Å². The molecule has 4 nitrogen and oxygen atoms in total. The van der Waals surface area contributed by atoms with Gasteiger partial charge >= 0.3 is 0 Å². The predicted octanol–water partition coefficient (Wildman–Crippen LogP) is 4.23. The number of halogens is 1. The Hall–Kier alpha value is -1.39. The Balaban J connectivity index is 1.79. The van der Waals surface area contributed by atoms with Gasteiger partial charge in [0.05, 0.1) is 9.95 Å². The van der Waals surface area contributed by atoms with Gasteiger partial charge in [-0.15, -0.1) is 0 Å². The molecule has 0 amide bonds. The summed E-state index contributed by atoms with van der Waals surface area (Å²) in [6.07, 6.45) is 8.48. The minimum atomic E-state index is -0.432. The second-order valence-corrected chi connectivity index (χ2v) is 5.47. The molecule has 2 rings (SSSR count). The van der Waals surface area contributed by atoms with Gasteiger partial charge in [0.1, 0.15) is 0 Å². The first-order valence-electron chi connectivity index (χ1n) is 6.98. The van der Waals surface area contributed by atoms with E-state index in [1.165, 1.54) is 37.8 Å². The molecule has 0 saturated carbocycles. The van der Waals surface area contributed by atoms with Crippen LogP contribution < -0.4 is 5.32 Å². The summed E-state index contributed by atoms with van der Waals surface area (Å²) >= 11 is 6.05. The molecule has 0 bridgehead atoms. The number of allylic oxidation sites excluding steroid dienone is 1. The van der Waals surface area contributed by atoms with Crippen LogP contribution in [0, 0.1) is 10.1 Å². The van der Waals surface area contributed by atoms with Crippen LogP contribution in [0.15, 0.2) is 29.8 Å². The second-order valence-electron chi connectivity index (χ2n) is 5.07. The molecule has 0 heterocycles. The zero-order chi connectivity index (χ0) is 14.4. The zero-order valence-corrected chi connectivity index (χ0v) is 12.2. The van der Waals surface area contributed by atoms with Gasteiger partial charge in [0.25, 0.3) is 5.69 Å². The maximum absolute atomic E-state index is 10.6. The van der Waals surface area contributed by atoms with Crippen molar-refractivity contribution in [3.8, 4) is 0 Å². The number of non-ortho nitro benzene ring substituents is 1. The van der Waals surface area contributed by atoms with Crippen molar-refractivity contribution >= 4 is 17.3 Å². The highest BCUT2D eigenvalue weighted by molar-refractivity contribution is 6.31. The van der Waals surface area contributed by atoms with Gasteiger partial charge in [-0.3, -0.25) is 10.1 Å². The number of nitro groups is 1. The van der Waals surface area contributed by atoms with Crippen molar-refractivity contribution in [3.63, 3.8) is 0 Å². The average Bonchev–Trinajstić information content (AvgIpc) is 2.46. The molecule has 1 aliphatic carbocycles. The van der Waals surface area contributed by atoms with Crippen LogP contribution in [0.3, 0.4) is 0 Å². The van der Waals surface area contributed by atoms with E-state index in [4.69, 9.17) is 11.6 Å². The van der Waals surface area contributed by atoms with Gasteiger partial charge in [-0.2, -0.15) is 0 Å². The number of hydrogen-bond acceptors (Lipinski definition) is 3. The number of benzene rings is 1. The number of nitro benzene ring substituents is 1. The number of rotatable bonds is 6. The first-order valence-corrected chi connectivity index (χ1v) is 7.36. The van der Waals surface area contributed by atoms with Crippen LogP contribution in [0.1, 0.15) is 37.7 Å². The monoisotopic (exact) mass is 294 g/mol. The summed E-state index contributed by atoms with van der Waals surface area (Å²) in [5.41, 5.74) is 2.47. The summed E-state index contributed by atoms with van der Waals surface area (Å²) in [5.74, 6) is 0. The summed E-state index contributed by atoms with van der Waals surface area (Å²) in [5, 5.41) is 14.4. The lowest BCUT2D eigenvalue weighted by atomic mass is 9.97. The molecule has 5 heteroatoms. The number of nitrogens with one attached hydrogen (secondary N) is 1. The van der Waals surface area contributed by atoms with Gasteiger partial charge in [0.15, 0.2) is 0 Å². The molecule has 1 aliphatic rings. The van der Waals surface area contributed by atoms with E-state index < -0.39 is 4.92 Å². The van der Waals surface area contributed by atoms with E-state index in [0.29, 0.717) is 11.6 Å². The fourth-order valence-corrected chi connectivity index (χ4v) is 2.64. The topological polar surface area (TPSA) is 55.2 Å². The van der Waals surface area contributed by atoms with Crippen LogP contribution in [-0.2, 0) is 6.54 Å². The molecule has 108 valence electrons. The Labute approximate surface area is 124 Å². The van der Waals surface area contributed by atoms with Crippen LogP contribution in [-0.4, -0.2) is 11.5 Å². The first-order chi connectivity index (χ1) is 9.66. The Bertz CT molecular complexity index is 515. The summed E-state index contributed by atoms with van der Waals surface area (Å²) in [4.78, 5) is 10.2. The Morgan fingerprint density at radius 3 is 2.85 bits per heavy atom. The van der Waals surface area contributed by atoms with Crippen LogP contribution in [0.5, 0.6) is 0 Å². The van der Waals surface area contributed by atoms with E-state index in [9.17, 15) is 10.1 Å². The van der Waals surface area contributed by atoms with Crippen LogP contribution in [0.25, 0.3) is 0 Å². The lowest BCUT2D eigenvalue weighted by Gasteiger charge is -2.13. The molecular weight excluding hydrogens is 276 g/mol. The molecule has 1 N–H and O–H groups in total. The van der Waals surface area contributed by atoms with Crippen molar-refractivity contribution in [2.24, 2.45) is 0 Å². The molecule has 0 spiro atoms. The molecule has 0 aliphatic heterocycles. The van der Waals surface area contributed by atoms with Crippen molar-refractivity contribution in [1.82, 2.24) is 5.32 Å². The van der Waals surface area contributed by atoms with Crippen LogP contribution in [0.2, 0.25) is 5.02 Å². The van der Waals surface area contributed by atoms with Crippen LogP contribution in [0.4, 0.5) is 5.69 Å². The molecule has 0 aromatic heterocycles. The van der Waals surface area contributed by atoms with Crippen LogP contribution >= 0.6 is 11.6 Å². The highest BCUT2D eigenvalue weighted by Gasteiger charge is 2.09. The van der Waals surface area contributed by atoms with E-state index in [1.807, 2.05) is 0 Å². The second kappa shape index (κ2) is 7.41. The van der Waals surface area contributed by atoms with E-state index in [2.05, 4.69) is 11.4 Å². The smallest absolute Gasteiger partial charge is 0.270 e. The van der Waals surface area contributed by atoms with E-state index in [-0.39, 0.29) is 5.69 Å². The fraction of sp³-hybridized carbons (Fsp3) is 0.467. The third-order valence-electron chi connectivity index (χ3n) is 3.57. The summed E-state index contributed by atoms with van der Waals surface area (Å²) in [6.45, 7) is 1.56. The van der Waals surface area contributed by atoms with Gasteiger partial charge in [0, 0.05) is 18.7 Å². The Morgan fingerprint density at radius 1 is 1.35 bits per heavy atom. The Morgan fingerprint density at radius 2 is 2.20 bits per heavy atom. The summed E-state index contributed by atoms with van der Waals surface area (Å²) < 4.78 is 0. The van der Waals surface area contributed by atoms with Crippen molar-refractivity contribution < 1.29 is 4.92 Å². The largest absolute Gasteiger partial charge is 0.312 e. The highest BCUT2D eigenvalue weighted by atomic mass is 35.5. The summed E-state index contributed by atoms with van der Waals surface area (Å²) in [7, 11) is 0. The van der Waals surface area contributed by atoms with Crippen molar-refractivity contribution in [3.05, 3.63) is 50.5 Å². The third kappa shape index (κ3) is 4.32. The SMILES string of the molecule is O=[N+]([O-])c1ccc(CNCCC2=CCCCC2)c(Cl)c1. The maximum atomic E-state index is 10.6. The highest BCUT2D eigenvalue weighted by Crippen LogP contribution is 2.22. The molecule has 1 aromatic carbocycles. The van der Waals surface area contributed by atoms with Gasteiger partial charge in [-0.25, -0.2) is 0 Å². The van der Waals surface area contributed by atoms with E-state index in [1.54, 1.807) is 11.6 Å². The van der Waals surface area contributed by atoms with Gasteiger partial charge in [-0.05, 0) is 50.3 Å². The van der Waals surface area contributed by atoms with Crippen molar-refractivity contribution in [2.75, 3.05) is 6.54 Å². The van der Waals surface area contributed by atoms with Gasteiger partial charge < -0.3 is 5.32 Å². The Kier molecular flexibility index (Phi) is 5.56. The number of hydrogen-bond donors (Lipinski definition) is 1. The zero-order valence-electron chi connectivity index (χ0n) is 11.4. The lowest BCUT2D eigenvalue weighted by molar-refractivity contribution is -0.384. The van der Waals surface area contributed by atoms with Crippen molar-refractivity contribution in [2.45, 2.75) is 38.6 Å². The molecule has 0 unspecified atom stereocenters.